The number of nitrogens with zero attached hydrogens (tertiary/aromatic N) is 1. The fraction of sp³-hybridized carbons (Fsp3) is 0.857. The van der Waals surface area contributed by atoms with Crippen LogP contribution in [0.25, 0.3) is 0 Å². The average molecular weight is 144 g/mol. The Bertz CT molecular complexity index is 108. The molecule has 0 saturated carbocycles. The van der Waals surface area contributed by atoms with Crippen LogP contribution in [-0.2, 0) is 4.74 Å². The zero-order chi connectivity index (χ0) is 7.98. The van der Waals surface area contributed by atoms with Gasteiger partial charge < -0.3 is 10.5 Å². The molecule has 0 aliphatic heterocycles. The quantitative estimate of drug-likeness (QED) is 0.465. The topological polar surface area (TPSA) is 47.6 Å². The monoisotopic (exact) mass is 144 g/mol. The van der Waals surface area contributed by atoms with Crippen molar-refractivity contribution >= 4 is 5.84 Å². The molecule has 0 amide bonds. The maximum atomic E-state index is 5.35. The number of methoxy groups -OCH3 is 1. The molecule has 10 heavy (non-hydrogen) atoms. The van der Waals surface area contributed by atoms with Crippen molar-refractivity contribution in [3.05, 3.63) is 0 Å². The molecule has 0 aliphatic carbocycles. The fourth-order valence-corrected chi connectivity index (χ4v) is 0.637. The Hall–Kier alpha value is -0.570. The summed E-state index contributed by atoms with van der Waals surface area (Å²) in [6, 6.07) is 0. The lowest BCUT2D eigenvalue weighted by Gasteiger charge is -2.05. The van der Waals surface area contributed by atoms with Gasteiger partial charge in [0, 0.05) is 13.7 Å². The molecule has 0 aromatic carbocycles. The van der Waals surface area contributed by atoms with Crippen LogP contribution in [-0.4, -0.2) is 26.1 Å². The Labute approximate surface area is 62.3 Å². The van der Waals surface area contributed by atoms with Crippen molar-refractivity contribution in [3.8, 4) is 0 Å². The van der Waals surface area contributed by atoms with Gasteiger partial charge in [0.05, 0.1) is 12.4 Å². The lowest BCUT2D eigenvalue weighted by molar-refractivity contribution is 0.163. The van der Waals surface area contributed by atoms with Gasteiger partial charge in [-0.3, -0.25) is 4.99 Å². The van der Waals surface area contributed by atoms with E-state index >= 15 is 0 Å². The predicted molar refractivity (Wildman–Crippen MR) is 43.2 cm³/mol. The van der Waals surface area contributed by atoms with Gasteiger partial charge in [-0.2, -0.15) is 0 Å². The van der Waals surface area contributed by atoms with Gasteiger partial charge in [0.1, 0.15) is 0 Å². The second kappa shape index (κ2) is 5.23. The zero-order valence-corrected chi connectivity index (χ0v) is 6.92. The summed E-state index contributed by atoms with van der Waals surface area (Å²) < 4.78 is 4.93. The van der Waals surface area contributed by atoms with Gasteiger partial charge in [-0.25, -0.2) is 0 Å². The Morgan fingerprint density at radius 2 is 2.30 bits per heavy atom. The van der Waals surface area contributed by atoms with Crippen molar-refractivity contribution in [2.24, 2.45) is 16.6 Å². The number of hydrogen-bond donors (Lipinski definition) is 1. The van der Waals surface area contributed by atoms with Crippen LogP contribution in [0.4, 0.5) is 0 Å². The molecule has 0 aromatic heterocycles. The molecule has 0 aromatic rings. The maximum Gasteiger partial charge on any atom is 0.0905 e. The number of rotatable bonds is 4. The molecule has 0 heterocycles. The van der Waals surface area contributed by atoms with Crippen LogP contribution in [0.3, 0.4) is 0 Å². The molecule has 3 heteroatoms. The fourth-order valence-electron chi connectivity index (χ4n) is 0.637. The van der Waals surface area contributed by atoms with E-state index in [1.807, 2.05) is 0 Å². The van der Waals surface area contributed by atoms with Crippen LogP contribution in [0.2, 0.25) is 0 Å². The first-order valence-electron chi connectivity index (χ1n) is 3.42. The Morgan fingerprint density at radius 3 is 2.70 bits per heavy atom. The Morgan fingerprint density at radius 1 is 1.70 bits per heavy atom. The molecular formula is C7H16N2O. The summed E-state index contributed by atoms with van der Waals surface area (Å²) in [7, 11) is 1.69. The highest BCUT2D eigenvalue weighted by atomic mass is 16.5. The van der Waals surface area contributed by atoms with Crippen LogP contribution in [0, 0.1) is 5.92 Å². The standard InChI is InChI=1S/C7H16N2O/c1-6(5-10-3)4-9-7(2)8/h6H,4-5H2,1-3H3,(H2,8,9). The highest BCUT2D eigenvalue weighted by molar-refractivity contribution is 5.77. The molecule has 1 atom stereocenters. The van der Waals surface area contributed by atoms with E-state index in [9.17, 15) is 0 Å². The van der Waals surface area contributed by atoms with Gasteiger partial charge >= 0.3 is 0 Å². The Balaban J connectivity index is 3.38. The minimum absolute atomic E-state index is 0.462. The first kappa shape index (κ1) is 9.43. The van der Waals surface area contributed by atoms with E-state index in [1.54, 1.807) is 14.0 Å². The van der Waals surface area contributed by atoms with Crippen LogP contribution < -0.4 is 5.73 Å². The van der Waals surface area contributed by atoms with E-state index in [0.717, 1.165) is 13.2 Å². The van der Waals surface area contributed by atoms with Gasteiger partial charge in [0.25, 0.3) is 0 Å². The smallest absolute Gasteiger partial charge is 0.0905 e. The third kappa shape index (κ3) is 5.56. The summed E-state index contributed by atoms with van der Waals surface area (Å²) in [5.41, 5.74) is 5.35. The van der Waals surface area contributed by atoms with Crippen molar-refractivity contribution in [2.45, 2.75) is 13.8 Å². The third-order valence-corrected chi connectivity index (χ3v) is 1.10. The molecule has 0 spiro atoms. The van der Waals surface area contributed by atoms with Crippen molar-refractivity contribution in [1.29, 1.82) is 0 Å². The van der Waals surface area contributed by atoms with E-state index in [4.69, 9.17) is 10.5 Å². The third-order valence-electron chi connectivity index (χ3n) is 1.10. The molecule has 0 saturated heterocycles. The average Bonchev–Trinajstić information content (AvgIpc) is 1.85. The molecule has 0 fully saturated rings. The maximum absolute atomic E-state index is 5.35. The highest BCUT2D eigenvalue weighted by Gasteiger charge is 1.97. The molecule has 0 rings (SSSR count). The van der Waals surface area contributed by atoms with Crippen LogP contribution >= 0.6 is 0 Å². The summed E-state index contributed by atoms with van der Waals surface area (Å²) in [4.78, 5) is 4.06. The number of amidine groups is 1. The summed E-state index contributed by atoms with van der Waals surface area (Å²) in [5, 5.41) is 0. The number of aliphatic imine (C=N–C) groups is 1. The predicted octanol–water partition coefficient (Wildman–Crippen LogP) is 0.646. The first-order chi connectivity index (χ1) is 4.66. The van der Waals surface area contributed by atoms with Crippen LogP contribution in [0.5, 0.6) is 0 Å². The van der Waals surface area contributed by atoms with Crippen molar-refractivity contribution in [2.75, 3.05) is 20.3 Å². The normalized spacial score (nSPS) is 15.3. The zero-order valence-electron chi connectivity index (χ0n) is 6.92. The minimum atomic E-state index is 0.462. The molecule has 0 radical (unpaired) electrons. The Kier molecular flexibility index (Phi) is 4.94. The van der Waals surface area contributed by atoms with Crippen molar-refractivity contribution in [1.82, 2.24) is 0 Å². The lowest BCUT2D eigenvalue weighted by atomic mass is 10.2. The van der Waals surface area contributed by atoms with E-state index in [0.29, 0.717) is 11.8 Å². The van der Waals surface area contributed by atoms with Gasteiger partial charge in [0.15, 0.2) is 0 Å². The minimum Gasteiger partial charge on any atom is -0.388 e. The van der Waals surface area contributed by atoms with Crippen LogP contribution in [0.1, 0.15) is 13.8 Å². The molecule has 3 nitrogen and oxygen atoms in total. The van der Waals surface area contributed by atoms with Gasteiger partial charge in [0.2, 0.25) is 0 Å². The molecular weight excluding hydrogens is 128 g/mol. The lowest BCUT2D eigenvalue weighted by Crippen LogP contribution is -2.12. The number of ether oxygens (including phenoxy) is 1. The van der Waals surface area contributed by atoms with Crippen molar-refractivity contribution in [3.63, 3.8) is 0 Å². The van der Waals surface area contributed by atoms with Crippen molar-refractivity contribution < 1.29 is 4.74 Å². The van der Waals surface area contributed by atoms with Gasteiger partial charge in [-0.15, -0.1) is 0 Å². The van der Waals surface area contributed by atoms with E-state index in [2.05, 4.69) is 11.9 Å². The number of hydrogen-bond acceptors (Lipinski definition) is 2. The van der Waals surface area contributed by atoms with Crippen LogP contribution in [0.15, 0.2) is 4.99 Å². The SMILES string of the molecule is COCC(C)CN=C(C)N. The van der Waals surface area contributed by atoms with E-state index in [1.165, 1.54) is 0 Å². The summed E-state index contributed by atoms with van der Waals surface area (Å²) in [6.07, 6.45) is 0. The van der Waals surface area contributed by atoms with E-state index < -0.39 is 0 Å². The largest absolute Gasteiger partial charge is 0.388 e. The van der Waals surface area contributed by atoms with Gasteiger partial charge in [-0.1, -0.05) is 6.92 Å². The molecule has 0 bridgehead atoms. The second-order valence-corrected chi connectivity index (χ2v) is 2.54. The highest BCUT2D eigenvalue weighted by Crippen LogP contribution is 1.94. The summed E-state index contributed by atoms with van der Waals surface area (Å²) >= 11 is 0. The molecule has 2 N–H and O–H groups in total. The molecule has 0 aliphatic rings. The van der Waals surface area contributed by atoms with E-state index in [-0.39, 0.29) is 0 Å². The second-order valence-electron chi connectivity index (χ2n) is 2.54. The summed E-state index contributed by atoms with van der Waals surface area (Å²) in [6.45, 7) is 5.38. The number of nitrogens with two attached hydrogens (primary N) is 1. The van der Waals surface area contributed by atoms with Gasteiger partial charge in [-0.05, 0) is 12.8 Å². The molecule has 60 valence electrons. The first-order valence-corrected chi connectivity index (χ1v) is 3.42. The molecule has 1 unspecified atom stereocenters. The summed E-state index contributed by atoms with van der Waals surface area (Å²) in [5.74, 6) is 1.10.